The van der Waals surface area contributed by atoms with Crippen molar-refractivity contribution in [2.45, 2.75) is 18.4 Å². The summed E-state index contributed by atoms with van der Waals surface area (Å²) in [6.07, 6.45) is -1.69. The Kier molecular flexibility index (Phi) is 2.46. The van der Waals surface area contributed by atoms with Gasteiger partial charge in [-0.2, -0.15) is 0 Å². The van der Waals surface area contributed by atoms with Crippen molar-refractivity contribution in [2.75, 3.05) is 13.1 Å². The summed E-state index contributed by atoms with van der Waals surface area (Å²) in [6, 6.07) is -0.689. The van der Waals surface area contributed by atoms with E-state index in [4.69, 9.17) is 5.11 Å². The van der Waals surface area contributed by atoms with E-state index in [9.17, 15) is 13.6 Å². The summed E-state index contributed by atoms with van der Waals surface area (Å²) in [4.78, 5) is 10.1. The molecule has 0 bridgehead atoms. The molecule has 12 heavy (non-hydrogen) atoms. The van der Waals surface area contributed by atoms with E-state index in [0.717, 1.165) is 0 Å². The predicted molar refractivity (Wildman–Crippen MR) is 37.4 cm³/mol. The van der Waals surface area contributed by atoms with E-state index in [0.29, 0.717) is 0 Å². The molecule has 0 spiro atoms. The van der Waals surface area contributed by atoms with Gasteiger partial charge in [-0.15, -0.1) is 0 Å². The minimum absolute atomic E-state index is 0.266. The molecule has 70 valence electrons. The van der Waals surface area contributed by atoms with Gasteiger partial charge in [0.15, 0.2) is 0 Å². The van der Waals surface area contributed by atoms with Crippen LogP contribution in [0.25, 0.3) is 0 Å². The lowest BCUT2D eigenvalue weighted by Gasteiger charge is -2.29. The number of piperidine rings is 1. The third kappa shape index (κ3) is 2.61. The second kappa shape index (κ2) is 3.22. The van der Waals surface area contributed by atoms with Crippen LogP contribution in [0.2, 0.25) is 0 Å². The van der Waals surface area contributed by atoms with Crippen LogP contribution >= 0.6 is 0 Å². The number of alkyl halides is 2. The lowest BCUT2D eigenvalue weighted by atomic mass is 10.0. The molecule has 4 nitrogen and oxygen atoms in total. The fourth-order valence-corrected chi connectivity index (χ4v) is 1.21. The maximum Gasteiger partial charge on any atom is 0.404 e. The molecule has 1 fully saturated rings. The van der Waals surface area contributed by atoms with Crippen LogP contribution < -0.4 is 10.6 Å². The summed E-state index contributed by atoms with van der Waals surface area (Å²) in [5, 5.41) is 12.7. The number of carboxylic acid groups (broad SMARTS) is 1. The molecule has 1 rings (SSSR count). The van der Waals surface area contributed by atoms with Gasteiger partial charge in [-0.1, -0.05) is 0 Å². The van der Waals surface area contributed by atoms with Gasteiger partial charge in [0.05, 0.1) is 12.6 Å². The maximum atomic E-state index is 12.6. The van der Waals surface area contributed by atoms with Gasteiger partial charge in [-0.3, -0.25) is 0 Å². The Morgan fingerprint density at radius 2 is 2.33 bits per heavy atom. The highest BCUT2D eigenvalue weighted by Crippen LogP contribution is 2.22. The van der Waals surface area contributed by atoms with Gasteiger partial charge in [0, 0.05) is 13.0 Å². The number of hydrogen-bond acceptors (Lipinski definition) is 2. The Balaban J connectivity index is 2.41. The SMILES string of the molecule is O=C(O)N[C@@H]1CNCC(F)(F)C1. The highest BCUT2D eigenvalue weighted by atomic mass is 19.3. The molecule has 0 saturated carbocycles. The van der Waals surface area contributed by atoms with Crippen molar-refractivity contribution in [2.24, 2.45) is 0 Å². The van der Waals surface area contributed by atoms with E-state index >= 15 is 0 Å². The van der Waals surface area contributed by atoms with Crippen LogP contribution in [0.5, 0.6) is 0 Å². The first-order valence-electron chi connectivity index (χ1n) is 3.58. The monoisotopic (exact) mass is 180 g/mol. The lowest BCUT2D eigenvalue weighted by molar-refractivity contribution is -0.0302. The standard InChI is InChI=1S/C6H10F2N2O2/c7-6(8)1-4(2-9-3-6)10-5(11)12/h4,9-10H,1-3H2,(H,11,12)/t4-/m0/s1. The Labute approximate surface area is 67.9 Å². The maximum absolute atomic E-state index is 12.6. The Hall–Kier alpha value is -0.910. The van der Waals surface area contributed by atoms with Crippen LogP contribution in [0.1, 0.15) is 6.42 Å². The van der Waals surface area contributed by atoms with Crippen molar-refractivity contribution in [3.05, 3.63) is 0 Å². The van der Waals surface area contributed by atoms with Crippen molar-refractivity contribution in [3.8, 4) is 0 Å². The van der Waals surface area contributed by atoms with Gasteiger partial charge in [0.1, 0.15) is 0 Å². The first kappa shape index (κ1) is 9.18. The third-order valence-corrected chi connectivity index (χ3v) is 1.65. The third-order valence-electron chi connectivity index (χ3n) is 1.65. The molecule has 1 amide bonds. The number of halogens is 2. The molecule has 6 heteroatoms. The van der Waals surface area contributed by atoms with Crippen molar-refractivity contribution >= 4 is 6.09 Å². The molecule has 1 aliphatic rings. The zero-order valence-corrected chi connectivity index (χ0v) is 6.31. The first-order chi connectivity index (χ1) is 5.49. The smallest absolute Gasteiger partial charge is 0.404 e. The fraction of sp³-hybridized carbons (Fsp3) is 0.833. The molecular weight excluding hydrogens is 170 g/mol. The second-order valence-corrected chi connectivity index (χ2v) is 2.84. The number of nitrogens with one attached hydrogen (secondary N) is 2. The molecule has 0 unspecified atom stereocenters. The van der Waals surface area contributed by atoms with Crippen LogP contribution in [0.15, 0.2) is 0 Å². The summed E-state index contributed by atoms with van der Waals surface area (Å²) in [7, 11) is 0. The van der Waals surface area contributed by atoms with Crippen molar-refractivity contribution < 1.29 is 18.7 Å². The molecular formula is C6H10F2N2O2. The van der Waals surface area contributed by atoms with E-state index < -0.39 is 24.5 Å². The molecule has 0 radical (unpaired) electrons. The zero-order chi connectivity index (χ0) is 9.19. The normalized spacial score (nSPS) is 28.0. The van der Waals surface area contributed by atoms with E-state index in [1.807, 2.05) is 5.32 Å². The summed E-state index contributed by atoms with van der Waals surface area (Å²) in [6.45, 7) is -0.104. The molecule has 0 aliphatic carbocycles. The number of carbonyl (C=O) groups is 1. The highest BCUT2D eigenvalue weighted by molar-refractivity contribution is 5.64. The summed E-state index contributed by atoms with van der Waals surface area (Å²) >= 11 is 0. The molecule has 0 aromatic rings. The van der Waals surface area contributed by atoms with Crippen molar-refractivity contribution in [1.29, 1.82) is 0 Å². The summed E-state index contributed by atoms with van der Waals surface area (Å²) < 4.78 is 25.2. The number of amides is 1. The number of hydrogen-bond donors (Lipinski definition) is 3. The fourth-order valence-electron chi connectivity index (χ4n) is 1.21. The molecule has 1 aliphatic heterocycles. The Morgan fingerprint density at radius 1 is 1.67 bits per heavy atom. The van der Waals surface area contributed by atoms with Gasteiger partial charge >= 0.3 is 6.09 Å². The van der Waals surface area contributed by atoms with Gasteiger partial charge in [-0.25, -0.2) is 13.6 Å². The highest BCUT2D eigenvalue weighted by Gasteiger charge is 2.36. The molecule has 0 aromatic heterocycles. The number of rotatable bonds is 1. The molecule has 1 saturated heterocycles. The molecule has 3 N–H and O–H groups in total. The molecule has 1 heterocycles. The Morgan fingerprint density at radius 3 is 2.83 bits per heavy atom. The average Bonchev–Trinajstić information content (AvgIpc) is 1.82. The van der Waals surface area contributed by atoms with Gasteiger partial charge in [0.2, 0.25) is 0 Å². The van der Waals surface area contributed by atoms with E-state index in [1.165, 1.54) is 0 Å². The van der Waals surface area contributed by atoms with Crippen LogP contribution in [0.3, 0.4) is 0 Å². The van der Waals surface area contributed by atoms with Gasteiger partial charge in [0.25, 0.3) is 5.92 Å². The predicted octanol–water partition coefficient (Wildman–Crippen LogP) is 0.251. The van der Waals surface area contributed by atoms with E-state index in [1.54, 1.807) is 0 Å². The van der Waals surface area contributed by atoms with E-state index in [2.05, 4.69) is 5.32 Å². The average molecular weight is 180 g/mol. The van der Waals surface area contributed by atoms with Crippen molar-refractivity contribution in [1.82, 2.24) is 10.6 Å². The minimum atomic E-state index is -2.80. The van der Waals surface area contributed by atoms with Crippen LogP contribution in [-0.2, 0) is 0 Å². The Bertz CT molecular complexity index is 186. The molecule has 0 aromatic carbocycles. The second-order valence-electron chi connectivity index (χ2n) is 2.84. The van der Waals surface area contributed by atoms with Crippen LogP contribution in [0, 0.1) is 0 Å². The topological polar surface area (TPSA) is 61.4 Å². The van der Waals surface area contributed by atoms with Gasteiger partial charge < -0.3 is 15.7 Å². The van der Waals surface area contributed by atoms with Crippen LogP contribution in [-0.4, -0.2) is 36.3 Å². The zero-order valence-electron chi connectivity index (χ0n) is 6.31. The summed E-state index contributed by atoms with van der Waals surface area (Å²) in [5.41, 5.74) is 0. The largest absolute Gasteiger partial charge is 0.465 e. The molecule has 1 atom stereocenters. The summed E-state index contributed by atoms with van der Waals surface area (Å²) in [5.74, 6) is -2.80. The van der Waals surface area contributed by atoms with Gasteiger partial charge in [-0.05, 0) is 0 Å². The minimum Gasteiger partial charge on any atom is -0.465 e. The van der Waals surface area contributed by atoms with Crippen molar-refractivity contribution in [3.63, 3.8) is 0 Å². The van der Waals surface area contributed by atoms with E-state index in [-0.39, 0.29) is 13.1 Å². The quantitative estimate of drug-likeness (QED) is 0.542. The van der Waals surface area contributed by atoms with Crippen LogP contribution in [0.4, 0.5) is 13.6 Å². The lowest BCUT2D eigenvalue weighted by Crippen LogP contribution is -2.53. The first-order valence-corrected chi connectivity index (χ1v) is 3.58.